The molecule has 1 aromatic rings. The van der Waals surface area contributed by atoms with Gasteiger partial charge in [-0.2, -0.15) is 0 Å². The van der Waals surface area contributed by atoms with Gasteiger partial charge in [0.2, 0.25) is 11.8 Å². The summed E-state index contributed by atoms with van der Waals surface area (Å²) in [6.07, 6.45) is 1.50. The van der Waals surface area contributed by atoms with Crippen molar-refractivity contribution in [2.24, 2.45) is 17.6 Å². The van der Waals surface area contributed by atoms with E-state index in [1.54, 1.807) is 21.9 Å². The monoisotopic (exact) mass is 357 g/mol. The molecule has 2 unspecified atom stereocenters. The van der Waals surface area contributed by atoms with Crippen LogP contribution in [0.5, 0.6) is 0 Å². The van der Waals surface area contributed by atoms with Crippen LogP contribution in [0.3, 0.4) is 0 Å². The molecule has 2 N–H and O–H groups in total. The number of benzene rings is 1. The Hall–Kier alpha value is -1.30. The summed E-state index contributed by atoms with van der Waals surface area (Å²) in [5.74, 6) is -0.367. The summed E-state index contributed by atoms with van der Waals surface area (Å²) in [5, 5.41) is 0.588. The number of nitrogens with two attached hydrogens (primary N) is 1. The first kappa shape index (κ1) is 18.0. The van der Waals surface area contributed by atoms with E-state index in [4.69, 9.17) is 17.3 Å². The Labute approximate surface area is 147 Å². The highest BCUT2D eigenvalue weighted by Crippen LogP contribution is 2.29. The summed E-state index contributed by atoms with van der Waals surface area (Å²) in [5.41, 5.74) is 6.42. The summed E-state index contributed by atoms with van der Waals surface area (Å²) in [4.78, 5) is 28.6. The van der Waals surface area contributed by atoms with E-state index < -0.39 is 5.92 Å². The Morgan fingerprint density at radius 1 is 1.30 bits per heavy atom. The van der Waals surface area contributed by atoms with Crippen LogP contribution in [0.4, 0.5) is 5.69 Å². The SMILES string of the molecule is Cl.NCC1CCN(C(=O)C2CCN(c3cccc(Cl)c3)C2=O)C1. The highest BCUT2D eigenvalue weighted by atomic mass is 35.5. The Balaban J connectivity index is 0.00000192. The Kier molecular flexibility index (Phi) is 5.89. The third-order valence-electron chi connectivity index (χ3n) is 4.55. The topological polar surface area (TPSA) is 66.6 Å². The van der Waals surface area contributed by atoms with Gasteiger partial charge < -0.3 is 15.5 Å². The van der Waals surface area contributed by atoms with Crippen molar-refractivity contribution in [2.75, 3.05) is 31.1 Å². The van der Waals surface area contributed by atoms with E-state index in [1.165, 1.54) is 0 Å². The minimum Gasteiger partial charge on any atom is -0.342 e. The zero-order chi connectivity index (χ0) is 15.7. The van der Waals surface area contributed by atoms with E-state index >= 15 is 0 Å². The highest BCUT2D eigenvalue weighted by molar-refractivity contribution is 6.31. The first-order valence-corrected chi connectivity index (χ1v) is 8.03. The number of carbonyl (C=O) groups excluding carboxylic acids is 2. The number of likely N-dealkylation sites (tertiary alicyclic amines) is 1. The van der Waals surface area contributed by atoms with Crippen molar-refractivity contribution in [1.82, 2.24) is 4.90 Å². The lowest BCUT2D eigenvalue weighted by Crippen LogP contribution is -2.39. The molecule has 0 saturated carbocycles. The number of amides is 2. The molecule has 2 heterocycles. The molecule has 2 amide bonds. The molecule has 2 saturated heterocycles. The molecule has 0 aliphatic carbocycles. The van der Waals surface area contributed by atoms with Crippen molar-refractivity contribution < 1.29 is 9.59 Å². The molecule has 0 bridgehead atoms. The number of carbonyl (C=O) groups is 2. The van der Waals surface area contributed by atoms with Crippen LogP contribution in [0.15, 0.2) is 24.3 Å². The van der Waals surface area contributed by atoms with E-state index in [9.17, 15) is 9.59 Å². The largest absolute Gasteiger partial charge is 0.342 e. The lowest BCUT2D eigenvalue weighted by Gasteiger charge is -2.21. The number of hydrogen-bond acceptors (Lipinski definition) is 3. The fraction of sp³-hybridized carbons (Fsp3) is 0.500. The molecule has 1 aromatic carbocycles. The predicted molar refractivity (Wildman–Crippen MR) is 92.9 cm³/mol. The third kappa shape index (κ3) is 3.62. The molecular formula is C16H21Cl2N3O2. The van der Waals surface area contributed by atoms with Crippen molar-refractivity contribution >= 4 is 41.5 Å². The van der Waals surface area contributed by atoms with Crippen LogP contribution in [0.1, 0.15) is 12.8 Å². The Morgan fingerprint density at radius 2 is 2.09 bits per heavy atom. The first-order valence-electron chi connectivity index (χ1n) is 7.66. The standard InChI is InChI=1S/C16H20ClN3O2.ClH/c17-12-2-1-3-13(8-12)20-7-5-14(16(20)22)15(21)19-6-4-11(9-18)10-19;/h1-3,8,11,14H,4-7,9-10,18H2;1H. The summed E-state index contributed by atoms with van der Waals surface area (Å²) in [6, 6.07) is 7.18. The lowest BCUT2D eigenvalue weighted by molar-refractivity contribution is -0.139. The van der Waals surface area contributed by atoms with Crippen LogP contribution in [0.25, 0.3) is 0 Å². The van der Waals surface area contributed by atoms with Crippen LogP contribution in [-0.4, -0.2) is 42.9 Å². The summed E-state index contributed by atoms with van der Waals surface area (Å²) in [6.45, 7) is 2.54. The van der Waals surface area contributed by atoms with Gasteiger partial charge in [0.1, 0.15) is 5.92 Å². The van der Waals surface area contributed by atoms with Crippen molar-refractivity contribution in [3.05, 3.63) is 29.3 Å². The van der Waals surface area contributed by atoms with Gasteiger partial charge in [-0.25, -0.2) is 0 Å². The van der Waals surface area contributed by atoms with E-state index in [-0.39, 0.29) is 24.2 Å². The van der Waals surface area contributed by atoms with Crippen LogP contribution in [-0.2, 0) is 9.59 Å². The quantitative estimate of drug-likeness (QED) is 0.840. The number of hydrogen-bond donors (Lipinski definition) is 1. The van der Waals surface area contributed by atoms with Gasteiger partial charge in [-0.1, -0.05) is 17.7 Å². The second-order valence-corrected chi connectivity index (χ2v) is 6.42. The summed E-state index contributed by atoms with van der Waals surface area (Å²) >= 11 is 5.98. The van der Waals surface area contributed by atoms with Crippen LogP contribution < -0.4 is 10.6 Å². The van der Waals surface area contributed by atoms with Crippen LogP contribution in [0, 0.1) is 11.8 Å². The van der Waals surface area contributed by atoms with Crippen molar-refractivity contribution in [2.45, 2.75) is 12.8 Å². The smallest absolute Gasteiger partial charge is 0.239 e. The molecule has 0 radical (unpaired) electrons. The normalized spacial score (nSPS) is 24.0. The van der Waals surface area contributed by atoms with Crippen LogP contribution in [0.2, 0.25) is 5.02 Å². The molecule has 0 spiro atoms. The number of nitrogens with zero attached hydrogens (tertiary/aromatic N) is 2. The van der Waals surface area contributed by atoms with Gasteiger partial charge in [-0.05, 0) is 43.5 Å². The number of anilines is 1. The molecule has 126 valence electrons. The Bertz CT molecular complexity index is 596. The summed E-state index contributed by atoms with van der Waals surface area (Å²) in [7, 11) is 0. The highest BCUT2D eigenvalue weighted by Gasteiger charge is 2.41. The minimum absolute atomic E-state index is 0. The maximum atomic E-state index is 12.6. The van der Waals surface area contributed by atoms with Gasteiger partial charge in [-0.15, -0.1) is 12.4 Å². The minimum atomic E-state index is -0.560. The van der Waals surface area contributed by atoms with E-state index in [0.29, 0.717) is 43.5 Å². The molecule has 0 aromatic heterocycles. The molecule has 7 heteroatoms. The predicted octanol–water partition coefficient (Wildman–Crippen LogP) is 1.92. The van der Waals surface area contributed by atoms with Gasteiger partial charge in [0.05, 0.1) is 0 Å². The molecule has 5 nitrogen and oxygen atoms in total. The Morgan fingerprint density at radius 3 is 2.74 bits per heavy atom. The van der Waals surface area contributed by atoms with E-state index in [0.717, 1.165) is 12.1 Å². The molecule has 3 rings (SSSR count). The van der Waals surface area contributed by atoms with Crippen molar-refractivity contribution in [3.63, 3.8) is 0 Å². The zero-order valence-electron chi connectivity index (χ0n) is 12.8. The molecule has 2 fully saturated rings. The first-order chi connectivity index (χ1) is 10.6. The average Bonchev–Trinajstić information content (AvgIpc) is 3.13. The van der Waals surface area contributed by atoms with Crippen molar-refractivity contribution in [1.29, 1.82) is 0 Å². The maximum absolute atomic E-state index is 12.6. The molecular weight excluding hydrogens is 337 g/mol. The second kappa shape index (κ2) is 7.51. The van der Waals surface area contributed by atoms with Gasteiger partial charge in [0.15, 0.2) is 0 Å². The number of rotatable bonds is 3. The van der Waals surface area contributed by atoms with Crippen molar-refractivity contribution in [3.8, 4) is 0 Å². The lowest BCUT2D eigenvalue weighted by atomic mass is 10.1. The molecule has 2 aliphatic rings. The number of halogens is 2. The van der Waals surface area contributed by atoms with E-state index in [1.807, 2.05) is 12.1 Å². The van der Waals surface area contributed by atoms with Gasteiger partial charge in [-0.3, -0.25) is 9.59 Å². The van der Waals surface area contributed by atoms with Gasteiger partial charge in [0, 0.05) is 30.3 Å². The second-order valence-electron chi connectivity index (χ2n) is 5.99. The van der Waals surface area contributed by atoms with Gasteiger partial charge >= 0.3 is 0 Å². The molecule has 2 aliphatic heterocycles. The summed E-state index contributed by atoms with van der Waals surface area (Å²) < 4.78 is 0. The van der Waals surface area contributed by atoms with E-state index in [2.05, 4.69) is 0 Å². The van der Waals surface area contributed by atoms with Crippen LogP contribution >= 0.6 is 24.0 Å². The third-order valence-corrected chi connectivity index (χ3v) is 4.79. The average molecular weight is 358 g/mol. The zero-order valence-corrected chi connectivity index (χ0v) is 14.4. The fourth-order valence-electron chi connectivity index (χ4n) is 3.26. The molecule has 23 heavy (non-hydrogen) atoms. The fourth-order valence-corrected chi connectivity index (χ4v) is 3.44. The maximum Gasteiger partial charge on any atom is 0.239 e. The molecule has 2 atom stereocenters. The van der Waals surface area contributed by atoms with Gasteiger partial charge in [0.25, 0.3) is 0 Å².